The first kappa shape index (κ1) is 15.8. The van der Waals surface area contributed by atoms with E-state index in [9.17, 15) is 9.59 Å². The van der Waals surface area contributed by atoms with Crippen molar-refractivity contribution in [3.63, 3.8) is 0 Å². The maximum absolute atomic E-state index is 12.8. The third kappa shape index (κ3) is 3.46. The summed E-state index contributed by atoms with van der Waals surface area (Å²) in [4.78, 5) is 30.4. The second-order valence-electron chi connectivity index (χ2n) is 5.37. The first-order valence-corrected chi connectivity index (χ1v) is 8.26. The number of hydrogen-bond donors (Lipinski definition) is 2. The van der Waals surface area contributed by atoms with E-state index >= 15 is 0 Å². The van der Waals surface area contributed by atoms with Gasteiger partial charge in [-0.2, -0.15) is 0 Å². The van der Waals surface area contributed by atoms with Gasteiger partial charge in [-0.3, -0.25) is 9.59 Å². The lowest BCUT2D eigenvalue weighted by Gasteiger charge is -2.20. The van der Waals surface area contributed by atoms with E-state index in [-0.39, 0.29) is 29.3 Å². The molecule has 1 aliphatic rings. The molecule has 1 fully saturated rings. The van der Waals surface area contributed by atoms with Crippen molar-refractivity contribution in [2.45, 2.75) is 18.9 Å². The highest BCUT2D eigenvalue weighted by molar-refractivity contribution is 7.19. The van der Waals surface area contributed by atoms with Gasteiger partial charge < -0.3 is 16.4 Å². The molecular weight excluding hydrogens is 336 g/mol. The zero-order valence-electron chi connectivity index (χ0n) is 12.2. The molecule has 1 aliphatic carbocycles. The number of nitrogens with two attached hydrogens (primary N) is 2. The van der Waals surface area contributed by atoms with E-state index in [2.05, 4.69) is 4.98 Å². The van der Waals surface area contributed by atoms with E-state index in [0.717, 1.165) is 18.4 Å². The van der Waals surface area contributed by atoms with Crippen LogP contribution in [0.4, 0.5) is 5.13 Å². The number of carbonyl (C=O) groups is 2. The summed E-state index contributed by atoms with van der Waals surface area (Å²) < 4.78 is 0. The Kier molecular flexibility index (Phi) is 4.23. The summed E-state index contributed by atoms with van der Waals surface area (Å²) in [6, 6.07) is 7.18. The average Bonchev–Trinajstić information content (AvgIpc) is 3.26. The molecule has 1 heterocycles. The van der Waals surface area contributed by atoms with Gasteiger partial charge in [0.2, 0.25) is 5.91 Å². The Labute approximate surface area is 142 Å². The van der Waals surface area contributed by atoms with Gasteiger partial charge in [0.15, 0.2) is 5.13 Å². The Bertz CT molecular complexity index is 773. The Balaban J connectivity index is 1.99. The van der Waals surface area contributed by atoms with Gasteiger partial charge in [-0.1, -0.05) is 35.1 Å². The largest absolute Gasteiger partial charge is 0.375 e. The van der Waals surface area contributed by atoms with Crippen LogP contribution in [0.5, 0.6) is 0 Å². The van der Waals surface area contributed by atoms with Crippen LogP contribution in [0.1, 0.15) is 23.3 Å². The minimum absolute atomic E-state index is 0.0464. The lowest BCUT2D eigenvalue weighted by atomic mass is 10.1. The minimum atomic E-state index is -0.544. The van der Waals surface area contributed by atoms with Gasteiger partial charge >= 0.3 is 0 Å². The van der Waals surface area contributed by atoms with Crippen molar-refractivity contribution in [2.24, 2.45) is 5.73 Å². The van der Waals surface area contributed by atoms with Crippen molar-refractivity contribution < 1.29 is 9.59 Å². The standard InChI is InChI=1S/C15H15ClN4O2S/c16-9-3-1-2-8(6-9)13-12(19-15(18)23-13)14(22)20(7-11(17)21)10-4-5-10/h1-3,6,10H,4-5,7H2,(H2,17,21)(H2,18,19). The molecule has 8 heteroatoms. The number of primary amides is 1. The fraction of sp³-hybridized carbons (Fsp3) is 0.267. The SMILES string of the molecule is NC(=O)CN(C(=O)c1nc(N)sc1-c1cccc(Cl)c1)C1CC1. The number of rotatable bonds is 5. The van der Waals surface area contributed by atoms with Crippen molar-refractivity contribution in [2.75, 3.05) is 12.3 Å². The number of nitrogens with zero attached hydrogens (tertiary/aromatic N) is 2. The lowest BCUT2D eigenvalue weighted by Crippen LogP contribution is -2.40. The van der Waals surface area contributed by atoms with Crippen molar-refractivity contribution in [3.05, 3.63) is 35.0 Å². The van der Waals surface area contributed by atoms with Crippen molar-refractivity contribution in [1.29, 1.82) is 0 Å². The second-order valence-corrected chi connectivity index (χ2v) is 6.84. The zero-order chi connectivity index (χ0) is 16.6. The quantitative estimate of drug-likeness (QED) is 0.862. The van der Waals surface area contributed by atoms with Crippen molar-refractivity contribution in [3.8, 4) is 10.4 Å². The molecule has 0 aliphatic heterocycles. The first-order chi connectivity index (χ1) is 11.0. The Morgan fingerprint density at radius 3 is 2.74 bits per heavy atom. The third-order valence-electron chi connectivity index (χ3n) is 3.51. The van der Waals surface area contributed by atoms with Gasteiger partial charge in [0.1, 0.15) is 5.69 Å². The molecule has 6 nitrogen and oxygen atoms in total. The Hall–Kier alpha value is -2.12. The summed E-state index contributed by atoms with van der Waals surface area (Å²) in [6.07, 6.45) is 1.73. The molecular formula is C15H15ClN4O2S. The average molecular weight is 351 g/mol. The maximum atomic E-state index is 12.8. The van der Waals surface area contributed by atoms with Crippen LogP contribution in [0.3, 0.4) is 0 Å². The molecule has 4 N–H and O–H groups in total. The predicted octanol–water partition coefficient (Wildman–Crippen LogP) is 2.14. The van der Waals surface area contributed by atoms with Gasteiger partial charge in [0.05, 0.1) is 11.4 Å². The molecule has 0 spiro atoms. The van der Waals surface area contributed by atoms with E-state index in [1.54, 1.807) is 18.2 Å². The molecule has 3 rings (SSSR count). The molecule has 2 amide bonds. The molecule has 0 unspecified atom stereocenters. The van der Waals surface area contributed by atoms with E-state index in [0.29, 0.717) is 9.90 Å². The number of anilines is 1. The fourth-order valence-electron chi connectivity index (χ4n) is 2.36. The monoisotopic (exact) mass is 350 g/mol. The Morgan fingerprint density at radius 2 is 2.13 bits per heavy atom. The summed E-state index contributed by atoms with van der Waals surface area (Å²) in [5, 5.41) is 0.849. The normalized spacial score (nSPS) is 13.8. The van der Waals surface area contributed by atoms with E-state index in [4.69, 9.17) is 23.1 Å². The number of hydrogen-bond acceptors (Lipinski definition) is 5. The maximum Gasteiger partial charge on any atom is 0.274 e. The summed E-state index contributed by atoms with van der Waals surface area (Å²) in [7, 11) is 0. The van der Waals surface area contributed by atoms with Gasteiger partial charge in [-0.25, -0.2) is 4.98 Å². The molecule has 0 radical (unpaired) electrons. The smallest absolute Gasteiger partial charge is 0.274 e. The predicted molar refractivity (Wildman–Crippen MR) is 90.2 cm³/mol. The number of nitrogen functional groups attached to an aromatic ring is 1. The molecule has 0 atom stereocenters. The third-order valence-corrected chi connectivity index (χ3v) is 4.68. The molecule has 1 saturated carbocycles. The highest BCUT2D eigenvalue weighted by atomic mass is 35.5. The van der Waals surface area contributed by atoms with Gasteiger partial charge in [-0.05, 0) is 30.5 Å². The van der Waals surface area contributed by atoms with Crippen LogP contribution in [0, 0.1) is 0 Å². The van der Waals surface area contributed by atoms with Crippen LogP contribution in [0.25, 0.3) is 10.4 Å². The van der Waals surface area contributed by atoms with Crippen LogP contribution in [0.15, 0.2) is 24.3 Å². The number of amides is 2. The number of thiazole rings is 1. The van der Waals surface area contributed by atoms with E-state index in [1.807, 2.05) is 6.07 Å². The summed E-state index contributed by atoms with van der Waals surface area (Å²) in [5.41, 5.74) is 12.1. The first-order valence-electron chi connectivity index (χ1n) is 7.07. The molecule has 23 heavy (non-hydrogen) atoms. The van der Waals surface area contributed by atoms with Crippen LogP contribution in [-0.2, 0) is 4.79 Å². The molecule has 1 aromatic carbocycles. The zero-order valence-corrected chi connectivity index (χ0v) is 13.7. The summed E-state index contributed by atoms with van der Waals surface area (Å²) >= 11 is 7.24. The molecule has 1 aromatic heterocycles. The van der Waals surface area contributed by atoms with Gasteiger partial charge in [0, 0.05) is 11.1 Å². The number of aromatic nitrogens is 1. The van der Waals surface area contributed by atoms with Crippen LogP contribution < -0.4 is 11.5 Å². The van der Waals surface area contributed by atoms with Crippen LogP contribution in [-0.4, -0.2) is 34.3 Å². The van der Waals surface area contributed by atoms with Crippen molar-refractivity contribution >= 4 is 39.9 Å². The summed E-state index contributed by atoms with van der Waals surface area (Å²) in [5.74, 6) is -0.869. The highest BCUT2D eigenvalue weighted by Crippen LogP contribution is 2.35. The minimum Gasteiger partial charge on any atom is -0.375 e. The number of benzene rings is 1. The number of halogens is 1. The second kappa shape index (κ2) is 6.17. The van der Waals surface area contributed by atoms with Crippen molar-refractivity contribution in [1.82, 2.24) is 9.88 Å². The van der Waals surface area contributed by atoms with E-state index < -0.39 is 5.91 Å². The van der Waals surface area contributed by atoms with Crippen LogP contribution >= 0.6 is 22.9 Å². The highest BCUT2D eigenvalue weighted by Gasteiger charge is 2.36. The van der Waals surface area contributed by atoms with Gasteiger partial charge in [-0.15, -0.1) is 0 Å². The Morgan fingerprint density at radius 1 is 1.39 bits per heavy atom. The molecule has 0 bridgehead atoms. The summed E-state index contributed by atoms with van der Waals surface area (Å²) in [6.45, 7) is -0.115. The van der Waals surface area contributed by atoms with E-state index in [1.165, 1.54) is 16.2 Å². The fourth-order valence-corrected chi connectivity index (χ4v) is 3.37. The molecule has 0 saturated heterocycles. The topological polar surface area (TPSA) is 102 Å². The molecule has 2 aromatic rings. The number of carbonyl (C=O) groups excluding carboxylic acids is 2. The van der Waals surface area contributed by atoms with Crippen LogP contribution in [0.2, 0.25) is 5.02 Å². The lowest BCUT2D eigenvalue weighted by molar-refractivity contribution is -0.118. The molecule has 120 valence electrons. The van der Waals surface area contributed by atoms with Gasteiger partial charge in [0.25, 0.3) is 5.91 Å².